The van der Waals surface area contributed by atoms with Crippen molar-refractivity contribution in [2.75, 3.05) is 18.4 Å². The van der Waals surface area contributed by atoms with Crippen LogP contribution in [0.4, 0.5) is 23.2 Å². The van der Waals surface area contributed by atoms with Crippen LogP contribution in [0.2, 0.25) is 0 Å². The number of nitrogens with zero attached hydrogens (tertiary/aromatic N) is 4. The molecule has 176 valence electrons. The predicted octanol–water partition coefficient (Wildman–Crippen LogP) is 3.12. The molecule has 0 unspecified atom stereocenters. The average Bonchev–Trinajstić information content (AvgIpc) is 3.35. The highest BCUT2D eigenvalue weighted by molar-refractivity contribution is 7.89. The number of benzene rings is 1. The lowest BCUT2D eigenvalue weighted by Crippen LogP contribution is -2.32. The maximum Gasteiger partial charge on any atom is 0.573 e. The first-order valence-electron chi connectivity index (χ1n) is 9.74. The van der Waals surface area contributed by atoms with Gasteiger partial charge in [-0.05, 0) is 24.3 Å². The molecule has 33 heavy (non-hydrogen) atoms. The van der Waals surface area contributed by atoms with E-state index in [0.717, 1.165) is 16.4 Å². The molecule has 3 aromatic rings. The van der Waals surface area contributed by atoms with Crippen LogP contribution < -0.4 is 10.1 Å². The molecule has 1 aliphatic rings. The van der Waals surface area contributed by atoms with E-state index in [1.807, 2.05) is 0 Å². The van der Waals surface area contributed by atoms with Crippen molar-refractivity contribution in [3.63, 3.8) is 0 Å². The highest BCUT2D eigenvalue weighted by Crippen LogP contribution is 2.34. The number of nitrogens with one attached hydrogen (secondary N) is 1. The first-order chi connectivity index (χ1) is 15.5. The van der Waals surface area contributed by atoms with E-state index in [-0.39, 0.29) is 29.5 Å². The molecule has 0 amide bonds. The number of hydrogen-bond acceptors (Lipinski definition) is 6. The summed E-state index contributed by atoms with van der Waals surface area (Å²) in [5.74, 6) is -1.76. The van der Waals surface area contributed by atoms with Gasteiger partial charge in [-0.1, -0.05) is 6.07 Å². The molecule has 0 radical (unpaired) electrons. The SMILES string of the molecule is Cn1cnc(S(=O)(=O)N2C[C@H](Nc3cccc(OC(F)(F)F)c3)[C@@H](c3ncccc3F)C2)c1. The van der Waals surface area contributed by atoms with Crippen LogP contribution in [0, 0.1) is 5.82 Å². The summed E-state index contributed by atoms with van der Waals surface area (Å²) in [7, 11) is -2.36. The quantitative estimate of drug-likeness (QED) is 0.540. The second-order valence-corrected chi connectivity index (χ2v) is 9.39. The molecule has 0 aliphatic carbocycles. The van der Waals surface area contributed by atoms with E-state index in [9.17, 15) is 26.0 Å². The molecule has 8 nitrogen and oxygen atoms in total. The Morgan fingerprint density at radius 1 is 1.15 bits per heavy atom. The monoisotopic (exact) mass is 485 g/mol. The Morgan fingerprint density at radius 2 is 1.94 bits per heavy atom. The lowest BCUT2D eigenvalue weighted by atomic mass is 9.98. The van der Waals surface area contributed by atoms with Crippen molar-refractivity contribution in [2.45, 2.75) is 23.3 Å². The number of imidazole rings is 1. The molecular formula is C20H19F4N5O3S. The van der Waals surface area contributed by atoms with E-state index in [1.54, 1.807) is 7.05 Å². The van der Waals surface area contributed by atoms with Crippen molar-refractivity contribution in [3.8, 4) is 5.75 Å². The van der Waals surface area contributed by atoms with Gasteiger partial charge in [-0.2, -0.15) is 4.31 Å². The molecule has 1 saturated heterocycles. The Hall–Kier alpha value is -3.19. The van der Waals surface area contributed by atoms with Crippen molar-refractivity contribution in [1.82, 2.24) is 18.8 Å². The standard InChI is InChI=1S/C20H19F4N5O3S/c1-28-11-18(26-12-28)33(30,31)29-9-15(19-16(21)6-3-7-25-19)17(10-29)27-13-4-2-5-14(8-13)32-20(22,23)24/h2-8,11-12,15,17,27H,9-10H2,1H3/t15-,17-/m0/s1. The third-order valence-electron chi connectivity index (χ3n) is 5.13. The molecule has 2 atom stereocenters. The van der Waals surface area contributed by atoms with Gasteiger partial charge in [-0.3, -0.25) is 4.98 Å². The highest BCUT2D eigenvalue weighted by Gasteiger charge is 2.42. The van der Waals surface area contributed by atoms with Crippen LogP contribution in [-0.4, -0.2) is 52.8 Å². The molecule has 0 spiro atoms. The van der Waals surface area contributed by atoms with Gasteiger partial charge in [0.15, 0.2) is 5.03 Å². The summed E-state index contributed by atoms with van der Waals surface area (Å²) in [6.07, 6.45) is -0.770. The summed E-state index contributed by atoms with van der Waals surface area (Å²) in [5.41, 5.74) is 0.302. The zero-order valence-electron chi connectivity index (χ0n) is 17.2. The van der Waals surface area contributed by atoms with Gasteiger partial charge in [-0.15, -0.1) is 13.2 Å². The van der Waals surface area contributed by atoms with Crippen LogP contribution in [0.15, 0.2) is 60.1 Å². The second-order valence-electron chi connectivity index (χ2n) is 7.50. The summed E-state index contributed by atoms with van der Waals surface area (Å²) in [4.78, 5) is 7.98. The third-order valence-corrected chi connectivity index (χ3v) is 6.85. The Balaban J connectivity index is 1.64. The maximum absolute atomic E-state index is 14.5. The van der Waals surface area contributed by atoms with E-state index < -0.39 is 39.9 Å². The summed E-state index contributed by atoms with van der Waals surface area (Å²) >= 11 is 0. The number of aryl methyl sites for hydroxylation is 1. The van der Waals surface area contributed by atoms with Crippen LogP contribution in [0.25, 0.3) is 0 Å². The predicted molar refractivity (Wildman–Crippen MR) is 109 cm³/mol. The highest BCUT2D eigenvalue weighted by atomic mass is 32.2. The summed E-state index contributed by atoms with van der Waals surface area (Å²) in [6, 6.07) is 7.08. The number of sulfonamides is 1. The summed E-state index contributed by atoms with van der Waals surface area (Å²) < 4.78 is 85.0. The number of hydrogen-bond donors (Lipinski definition) is 1. The lowest BCUT2D eigenvalue weighted by Gasteiger charge is -2.21. The molecule has 1 aliphatic heterocycles. The normalized spacial score (nSPS) is 19.5. The van der Waals surface area contributed by atoms with Crippen LogP contribution in [0.1, 0.15) is 11.6 Å². The van der Waals surface area contributed by atoms with Gasteiger partial charge in [0.25, 0.3) is 10.0 Å². The van der Waals surface area contributed by atoms with Gasteiger partial charge in [0.1, 0.15) is 11.6 Å². The molecule has 2 aromatic heterocycles. The number of rotatable bonds is 6. The van der Waals surface area contributed by atoms with Crippen molar-refractivity contribution >= 4 is 15.7 Å². The molecular weight excluding hydrogens is 466 g/mol. The molecule has 0 bridgehead atoms. The molecule has 13 heteroatoms. The maximum atomic E-state index is 14.5. The molecule has 0 saturated carbocycles. The Bertz CT molecular complexity index is 1250. The number of alkyl halides is 3. The molecule has 1 fully saturated rings. The van der Waals surface area contributed by atoms with Crippen LogP contribution in [-0.2, 0) is 17.1 Å². The third kappa shape index (κ3) is 5.09. The van der Waals surface area contributed by atoms with E-state index in [2.05, 4.69) is 20.0 Å². The largest absolute Gasteiger partial charge is 0.573 e. The minimum atomic E-state index is -4.86. The second kappa shape index (κ2) is 8.63. The fraction of sp³-hybridized carbons (Fsp3) is 0.300. The number of ether oxygens (including phenoxy) is 1. The molecule has 4 rings (SSSR count). The number of anilines is 1. The van der Waals surface area contributed by atoms with Crippen LogP contribution in [0.5, 0.6) is 5.75 Å². The average molecular weight is 485 g/mol. The number of halogens is 4. The fourth-order valence-corrected chi connectivity index (χ4v) is 5.17. The topological polar surface area (TPSA) is 89.4 Å². The molecule has 1 N–H and O–H groups in total. The van der Waals surface area contributed by atoms with Crippen LogP contribution in [0.3, 0.4) is 0 Å². The summed E-state index contributed by atoms with van der Waals surface area (Å²) in [6.45, 7) is -0.173. The van der Waals surface area contributed by atoms with Gasteiger partial charge < -0.3 is 14.6 Å². The zero-order chi connectivity index (χ0) is 23.8. The minimum Gasteiger partial charge on any atom is -0.406 e. The van der Waals surface area contributed by atoms with Gasteiger partial charge in [0.2, 0.25) is 0 Å². The van der Waals surface area contributed by atoms with Gasteiger partial charge in [-0.25, -0.2) is 17.8 Å². The smallest absolute Gasteiger partial charge is 0.406 e. The summed E-state index contributed by atoms with van der Waals surface area (Å²) in [5, 5.41) is 2.86. The van der Waals surface area contributed by atoms with Crippen molar-refractivity contribution in [1.29, 1.82) is 0 Å². The zero-order valence-corrected chi connectivity index (χ0v) is 18.0. The van der Waals surface area contributed by atoms with E-state index in [0.29, 0.717) is 0 Å². The molecule has 3 heterocycles. The van der Waals surface area contributed by atoms with Crippen molar-refractivity contribution < 1.29 is 30.7 Å². The first-order valence-corrected chi connectivity index (χ1v) is 11.2. The lowest BCUT2D eigenvalue weighted by molar-refractivity contribution is -0.274. The van der Waals surface area contributed by atoms with Gasteiger partial charge in [0.05, 0.1) is 12.0 Å². The Labute approximate surface area is 186 Å². The fourth-order valence-electron chi connectivity index (χ4n) is 3.71. The van der Waals surface area contributed by atoms with Crippen molar-refractivity contribution in [2.24, 2.45) is 7.05 Å². The Kier molecular flexibility index (Phi) is 6.01. The number of aromatic nitrogens is 3. The van der Waals surface area contributed by atoms with Crippen molar-refractivity contribution in [3.05, 3.63) is 66.6 Å². The van der Waals surface area contributed by atoms with E-state index in [1.165, 1.54) is 47.6 Å². The van der Waals surface area contributed by atoms with Crippen LogP contribution >= 0.6 is 0 Å². The van der Waals surface area contributed by atoms with E-state index >= 15 is 0 Å². The van der Waals surface area contributed by atoms with Gasteiger partial charge >= 0.3 is 6.36 Å². The van der Waals surface area contributed by atoms with Gasteiger partial charge in [0, 0.05) is 56.2 Å². The minimum absolute atomic E-state index is 0.0522. The van der Waals surface area contributed by atoms with E-state index in [4.69, 9.17) is 0 Å². The molecule has 1 aromatic carbocycles. The first kappa shape index (κ1) is 23.0. The number of pyridine rings is 1. The Morgan fingerprint density at radius 3 is 2.61 bits per heavy atom.